The lowest BCUT2D eigenvalue weighted by atomic mass is 10.1. The van der Waals surface area contributed by atoms with Gasteiger partial charge in [0.2, 0.25) is 0 Å². The summed E-state index contributed by atoms with van der Waals surface area (Å²) in [5, 5.41) is 4.77. The zero-order chi connectivity index (χ0) is 18.8. The molecule has 1 aliphatic heterocycles. The van der Waals surface area contributed by atoms with Gasteiger partial charge in [0.15, 0.2) is 5.82 Å². The molecular weight excluding hydrogens is 356 g/mol. The molecule has 0 spiro atoms. The third-order valence-electron chi connectivity index (χ3n) is 5.39. The first-order chi connectivity index (χ1) is 13.1. The minimum atomic E-state index is 0.775. The molecule has 3 heterocycles. The molecule has 2 aromatic heterocycles. The van der Waals surface area contributed by atoms with Gasteiger partial charge in [-0.25, -0.2) is 9.97 Å². The second-order valence-electron chi connectivity index (χ2n) is 7.27. The molecule has 0 aliphatic carbocycles. The number of nitrogens with one attached hydrogen (secondary N) is 2. The molecule has 1 saturated heterocycles. The Morgan fingerprint density at radius 3 is 2.67 bits per heavy atom. The number of fused-ring (bicyclic) bond motifs is 1. The quantitative estimate of drug-likeness (QED) is 0.711. The summed E-state index contributed by atoms with van der Waals surface area (Å²) in [6.07, 6.45) is 0. The second kappa shape index (κ2) is 7.92. The van der Waals surface area contributed by atoms with E-state index in [4.69, 9.17) is 14.7 Å². The first-order valence-electron chi connectivity index (χ1n) is 9.58. The predicted octanol–water partition coefficient (Wildman–Crippen LogP) is 2.64. The Kier molecular flexibility index (Phi) is 5.38. The summed E-state index contributed by atoms with van der Waals surface area (Å²) in [5.74, 6) is 1.89. The van der Waals surface area contributed by atoms with Gasteiger partial charge < -0.3 is 15.0 Å². The maximum atomic E-state index is 5.48. The molecule has 6 heteroatoms. The fourth-order valence-electron chi connectivity index (χ4n) is 3.55. The van der Waals surface area contributed by atoms with Crippen molar-refractivity contribution < 1.29 is 9.64 Å². The van der Waals surface area contributed by atoms with E-state index in [1.54, 1.807) is 11.3 Å². The van der Waals surface area contributed by atoms with E-state index in [0.29, 0.717) is 0 Å². The molecule has 0 unspecified atom stereocenters. The maximum Gasteiger partial charge on any atom is 0.187 e. The van der Waals surface area contributed by atoms with Crippen LogP contribution >= 0.6 is 11.3 Å². The van der Waals surface area contributed by atoms with Gasteiger partial charge in [-0.05, 0) is 37.5 Å². The van der Waals surface area contributed by atoms with Gasteiger partial charge in [-0.3, -0.25) is 0 Å². The van der Waals surface area contributed by atoms with Crippen LogP contribution in [0, 0.1) is 20.8 Å². The van der Waals surface area contributed by atoms with Crippen LogP contribution in [-0.4, -0.2) is 36.3 Å². The van der Waals surface area contributed by atoms with Crippen molar-refractivity contribution in [2.45, 2.75) is 33.9 Å². The van der Waals surface area contributed by atoms with E-state index in [1.807, 2.05) is 0 Å². The van der Waals surface area contributed by atoms with Crippen LogP contribution < -0.4 is 10.2 Å². The number of aryl methyl sites for hydroxylation is 3. The summed E-state index contributed by atoms with van der Waals surface area (Å²) in [7, 11) is 0. The molecule has 142 valence electrons. The van der Waals surface area contributed by atoms with Crippen molar-refractivity contribution in [3.05, 3.63) is 51.7 Å². The number of quaternary nitrogens is 1. The number of thiophene rings is 1. The van der Waals surface area contributed by atoms with Crippen molar-refractivity contribution in [2.24, 2.45) is 0 Å². The summed E-state index contributed by atoms with van der Waals surface area (Å²) in [4.78, 5) is 13.7. The molecule has 0 atom stereocenters. The Bertz CT molecular complexity index is 947. The van der Waals surface area contributed by atoms with E-state index in [1.165, 1.54) is 31.9 Å². The number of hydrogen-bond acceptors (Lipinski definition) is 5. The fourth-order valence-corrected chi connectivity index (χ4v) is 4.60. The predicted molar refractivity (Wildman–Crippen MR) is 111 cm³/mol. The Morgan fingerprint density at radius 1 is 1.11 bits per heavy atom. The smallest absolute Gasteiger partial charge is 0.187 e. The largest absolute Gasteiger partial charge is 0.370 e. The van der Waals surface area contributed by atoms with Crippen molar-refractivity contribution in [2.75, 3.05) is 31.6 Å². The summed E-state index contributed by atoms with van der Waals surface area (Å²) in [5.41, 5.74) is 3.88. The van der Waals surface area contributed by atoms with E-state index in [-0.39, 0.29) is 0 Å². The van der Waals surface area contributed by atoms with Gasteiger partial charge in [-0.15, -0.1) is 11.3 Å². The third kappa shape index (κ3) is 3.98. The summed E-state index contributed by atoms with van der Waals surface area (Å²) in [6, 6.07) is 8.50. The molecule has 0 radical (unpaired) electrons. The van der Waals surface area contributed by atoms with Crippen LogP contribution in [0.25, 0.3) is 10.2 Å². The van der Waals surface area contributed by atoms with Gasteiger partial charge in [0.25, 0.3) is 0 Å². The van der Waals surface area contributed by atoms with E-state index in [2.05, 4.69) is 50.4 Å². The summed E-state index contributed by atoms with van der Waals surface area (Å²) >= 11 is 1.77. The number of ether oxygens (including phenoxy) is 1. The van der Waals surface area contributed by atoms with Crippen LogP contribution in [0.15, 0.2) is 24.3 Å². The van der Waals surface area contributed by atoms with Crippen molar-refractivity contribution >= 4 is 27.4 Å². The lowest BCUT2D eigenvalue weighted by Crippen LogP contribution is -3.12. The highest BCUT2D eigenvalue weighted by Crippen LogP contribution is 2.33. The minimum Gasteiger partial charge on any atom is -0.370 e. The van der Waals surface area contributed by atoms with Crippen LogP contribution in [-0.2, 0) is 17.8 Å². The Labute approximate surface area is 164 Å². The molecule has 27 heavy (non-hydrogen) atoms. The number of anilines is 1. The number of aromatic nitrogens is 2. The van der Waals surface area contributed by atoms with E-state index < -0.39 is 0 Å². The number of morpholine rings is 1. The van der Waals surface area contributed by atoms with Gasteiger partial charge in [0, 0.05) is 11.4 Å². The van der Waals surface area contributed by atoms with Gasteiger partial charge in [0.1, 0.15) is 30.3 Å². The Morgan fingerprint density at radius 2 is 1.89 bits per heavy atom. The molecule has 1 aromatic carbocycles. The number of rotatable bonds is 5. The average molecular weight is 384 g/mol. The van der Waals surface area contributed by atoms with Crippen molar-refractivity contribution in [3.8, 4) is 0 Å². The van der Waals surface area contributed by atoms with Crippen LogP contribution in [0.1, 0.15) is 27.4 Å². The first-order valence-corrected chi connectivity index (χ1v) is 10.4. The van der Waals surface area contributed by atoms with Gasteiger partial charge in [-0.1, -0.05) is 24.3 Å². The number of nitrogens with zero attached hydrogens (tertiary/aromatic N) is 2. The van der Waals surface area contributed by atoms with E-state index in [0.717, 1.165) is 55.9 Å². The monoisotopic (exact) mass is 383 g/mol. The van der Waals surface area contributed by atoms with Crippen LogP contribution in [0.5, 0.6) is 0 Å². The molecule has 2 N–H and O–H groups in total. The molecule has 1 fully saturated rings. The first kappa shape index (κ1) is 18.3. The summed E-state index contributed by atoms with van der Waals surface area (Å²) in [6.45, 7) is 11.8. The highest BCUT2D eigenvalue weighted by atomic mass is 32.1. The lowest BCUT2D eigenvalue weighted by Gasteiger charge is -2.23. The SMILES string of the molecule is Cc1ccccc1CNc1nc(C[NH+]2CCOCC2)nc2sc(C)c(C)c12. The van der Waals surface area contributed by atoms with Gasteiger partial charge in [0.05, 0.1) is 18.6 Å². The van der Waals surface area contributed by atoms with Gasteiger partial charge in [-0.2, -0.15) is 0 Å². The Balaban J connectivity index is 1.65. The zero-order valence-corrected chi connectivity index (χ0v) is 17.1. The average Bonchev–Trinajstić information content (AvgIpc) is 2.96. The molecule has 0 saturated carbocycles. The minimum absolute atomic E-state index is 0.775. The van der Waals surface area contributed by atoms with Gasteiger partial charge >= 0.3 is 0 Å². The molecule has 3 aromatic rings. The maximum absolute atomic E-state index is 5.48. The fraction of sp³-hybridized carbons (Fsp3) is 0.429. The highest BCUT2D eigenvalue weighted by Gasteiger charge is 2.19. The van der Waals surface area contributed by atoms with Crippen molar-refractivity contribution in [3.63, 3.8) is 0 Å². The molecule has 0 amide bonds. The van der Waals surface area contributed by atoms with Crippen LogP contribution in [0.4, 0.5) is 5.82 Å². The normalized spacial score (nSPS) is 15.4. The molecule has 1 aliphatic rings. The number of benzene rings is 1. The topological polar surface area (TPSA) is 51.5 Å². The molecule has 0 bridgehead atoms. The second-order valence-corrected chi connectivity index (χ2v) is 8.47. The zero-order valence-electron chi connectivity index (χ0n) is 16.3. The van der Waals surface area contributed by atoms with E-state index >= 15 is 0 Å². The van der Waals surface area contributed by atoms with Crippen LogP contribution in [0.2, 0.25) is 0 Å². The van der Waals surface area contributed by atoms with Crippen molar-refractivity contribution in [1.29, 1.82) is 0 Å². The van der Waals surface area contributed by atoms with E-state index in [9.17, 15) is 0 Å². The van der Waals surface area contributed by atoms with Crippen molar-refractivity contribution in [1.82, 2.24) is 9.97 Å². The lowest BCUT2D eigenvalue weighted by molar-refractivity contribution is -0.922. The van der Waals surface area contributed by atoms with Crippen LogP contribution in [0.3, 0.4) is 0 Å². The number of hydrogen-bond donors (Lipinski definition) is 2. The molecule has 5 nitrogen and oxygen atoms in total. The third-order valence-corrected chi connectivity index (χ3v) is 6.49. The standard InChI is InChI=1S/C21H26N4OS/c1-14-6-4-5-7-17(14)12-22-20-19-15(2)16(3)27-21(19)24-18(23-20)13-25-8-10-26-11-9-25/h4-7H,8-13H2,1-3H3,(H,22,23,24)/p+1. The Hall–Kier alpha value is -2.02. The summed E-state index contributed by atoms with van der Waals surface area (Å²) < 4.78 is 5.48. The molecular formula is C21H27N4OS+. The molecule has 4 rings (SSSR count). The highest BCUT2D eigenvalue weighted by molar-refractivity contribution is 7.18.